The zero-order valence-electron chi connectivity index (χ0n) is 11.1. The van der Waals surface area contributed by atoms with Gasteiger partial charge in [-0.2, -0.15) is 0 Å². The van der Waals surface area contributed by atoms with Crippen molar-refractivity contribution >= 4 is 5.82 Å². The van der Waals surface area contributed by atoms with Gasteiger partial charge in [0.15, 0.2) is 0 Å². The van der Waals surface area contributed by atoms with Crippen LogP contribution in [0.5, 0.6) is 5.88 Å². The van der Waals surface area contributed by atoms with Gasteiger partial charge in [0.25, 0.3) is 0 Å². The summed E-state index contributed by atoms with van der Waals surface area (Å²) < 4.78 is 11.2. The second-order valence-corrected chi connectivity index (χ2v) is 4.39. The molecule has 1 N–H and O–H groups in total. The first-order valence-corrected chi connectivity index (χ1v) is 6.67. The van der Waals surface area contributed by atoms with Crippen LogP contribution in [0, 0.1) is 0 Å². The smallest absolute Gasteiger partial charge is 0.222 e. The van der Waals surface area contributed by atoms with Crippen molar-refractivity contribution in [2.75, 3.05) is 25.1 Å². The van der Waals surface area contributed by atoms with E-state index in [2.05, 4.69) is 29.1 Å². The number of hydrogen-bond acceptors (Lipinski definition) is 5. The standard InChI is InChI=1S/C13H21N3O2/c1-3-6-14-12-11(4-2)13(16-9-15-12)18-10-5-7-17-8-10/h9-10H,3-8H2,1-2H3,(H,14,15,16). The van der Waals surface area contributed by atoms with E-state index in [0.717, 1.165) is 43.8 Å². The van der Waals surface area contributed by atoms with Crippen LogP contribution in [-0.4, -0.2) is 35.8 Å². The van der Waals surface area contributed by atoms with E-state index in [0.29, 0.717) is 12.5 Å². The Labute approximate surface area is 108 Å². The van der Waals surface area contributed by atoms with Crippen molar-refractivity contribution in [1.29, 1.82) is 0 Å². The van der Waals surface area contributed by atoms with Gasteiger partial charge in [-0.1, -0.05) is 13.8 Å². The van der Waals surface area contributed by atoms with Gasteiger partial charge in [0.05, 0.1) is 18.8 Å². The van der Waals surface area contributed by atoms with Crippen LogP contribution in [0.15, 0.2) is 6.33 Å². The molecule has 1 aromatic rings. The minimum atomic E-state index is 0.129. The molecule has 0 spiro atoms. The van der Waals surface area contributed by atoms with Crippen molar-refractivity contribution in [2.45, 2.75) is 39.2 Å². The van der Waals surface area contributed by atoms with Crippen molar-refractivity contribution in [3.05, 3.63) is 11.9 Å². The van der Waals surface area contributed by atoms with Gasteiger partial charge < -0.3 is 14.8 Å². The molecule has 0 saturated carbocycles. The maximum absolute atomic E-state index is 5.90. The van der Waals surface area contributed by atoms with E-state index >= 15 is 0 Å². The van der Waals surface area contributed by atoms with Gasteiger partial charge in [0.1, 0.15) is 18.2 Å². The summed E-state index contributed by atoms with van der Waals surface area (Å²) in [4.78, 5) is 8.54. The molecule has 0 amide bonds. The Morgan fingerprint density at radius 1 is 1.44 bits per heavy atom. The summed E-state index contributed by atoms with van der Waals surface area (Å²) in [5, 5.41) is 3.32. The first kappa shape index (κ1) is 13.1. The highest BCUT2D eigenvalue weighted by Crippen LogP contribution is 2.24. The molecule has 100 valence electrons. The average molecular weight is 251 g/mol. The van der Waals surface area contributed by atoms with Crippen LogP contribution in [0.1, 0.15) is 32.3 Å². The first-order chi connectivity index (χ1) is 8.85. The molecule has 1 aliphatic rings. The molecule has 0 bridgehead atoms. The molecule has 0 aromatic carbocycles. The van der Waals surface area contributed by atoms with Crippen molar-refractivity contribution in [1.82, 2.24) is 9.97 Å². The van der Waals surface area contributed by atoms with Crippen molar-refractivity contribution in [3.8, 4) is 5.88 Å². The van der Waals surface area contributed by atoms with E-state index in [9.17, 15) is 0 Å². The number of anilines is 1. The molecule has 1 atom stereocenters. The van der Waals surface area contributed by atoms with E-state index in [1.165, 1.54) is 0 Å². The number of nitrogens with one attached hydrogen (secondary N) is 1. The fourth-order valence-corrected chi connectivity index (χ4v) is 1.98. The van der Waals surface area contributed by atoms with Gasteiger partial charge in [-0.3, -0.25) is 0 Å². The third kappa shape index (κ3) is 3.10. The Hall–Kier alpha value is -1.36. The van der Waals surface area contributed by atoms with Crippen LogP contribution in [0.3, 0.4) is 0 Å². The molecule has 1 fully saturated rings. The zero-order chi connectivity index (χ0) is 12.8. The van der Waals surface area contributed by atoms with Crippen LogP contribution < -0.4 is 10.1 Å². The number of aromatic nitrogens is 2. The lowest BCUT2D eigenvalue weighted by molar-refractivity contribution is 0.137. The summed E-state index contributed by atoms with van der Waals surface area (Å²) in [5.74, 6) is 1.59. The summed E-state index contributed by atoms with van der Waals surface area (Å²) >= 11 is 0. The number of hydrogen-bond donors (Lipinski definition) is 1. The van der Waals surface area contributed by atoms with Gasteiger partial charge in [0, 0.05) is 13.0 Å². The Kier molecular flexibility index (Phi) is 4.75. The Morgan fingerprint density at radius 2 is 2.33 bits per heavy atom. The fraction of sp³-hybridized carbons (Fsp3) is 0.692. The van der Waals surface area contributed by atoms with Crippen LogP contribution in [-0.2, 0) is 11.2 Å². The lowest BCUT2D eigenvalue weighted by Gasteiger charge is -2.16. The Morgan fingerprint density at radius 3 is 3.00 bits per heavy atom. The minimum absolute atomic E-state index is 0.129. The second-order valence-electron chi connectivity index (χ2n) is 4.39. The molecule has 1 saturated heterocycles. The van der Waals surface area contributed by atoms with Gasteiger partial charge in [-0.05, 0) is 12.8 Å². The molecule has 0 radical (unpaired) electrons. The number of ether oxygens (including phenoxy) is 2. The molecule has 1 unspecified atom stereocenters. The minimum Gasteiger partial charge on any atom is -0.471 e. The zero-order valence-corrected chi connectivity index (χ0v) is 11.1. The largest absolute Gasteiger partial charge is 0.471 e. The molecule has 2 rings (SSSR count). The van der Waals surface area contributed by atoms with E-state index in [4.69, 9.17) is 9.47 Å². The second kappa shape index (κ2) is 6.54. The monoisotopic (exact) mass is 251 g/mol. The first-order valence-electron chi connectivity index (χ1n) is 6.67. The lowest BCUT2D eigenvalue weighted by Crippen LogP contribution is -2.18. The summed E-state index contributed by atoms with van der Waals surface area (Å²) in [6.07, 6.45) is 4.55. The molecule has 0 aliphatic carbocycles. The molecule has 1 aliphatic heterocycles. The van der Waals surface area contributed by atoms with Crippen LogP contribution >= 0.6 is 0 Å². The molecular formula is C13H21N3O2. The predicted molar refractivity (Wildman–Crippen MR) is 70.0 cm³/mol. The maximum atomic E-state index is 5.90. The number of nitrogens with zero attached hydrogens (tertiary/aromatic N) is 2. The van der Waals surface area contributed by atoms with Gasteiger partial charge in [-0.15, -0.1) is 0 Å². The molecule has 2 heterocycles. The van der Waals surface area contributed by atoms with E-state index < -0.39 is 0 Å². The SMILES string of the molecule is CCCNc1ncnc(OC2CCOC2)c1CC. The quantitative estimate of drug-likeness (QED) is 0.838. The van der Waals surface area contributed by atoms with Gasteiger partial charge in [0.2, 0.25) is 5.88 Å². The highest BCUT2D eigenvalue weighted by molar-refractivity contribution is 5.48. The van der Waals surface area contributed by atoms with Crippen LogP contribution in [0.2, 0.25) is 0 Å². The summed E-state index contributed by atoms with van der Waals surface area (Å²) in [6.45, 7) is 6.57. The van der Waals surface area contributed by atoms with Crippen LogP contribution in [0.25, 0.3) is 0 Å². The van der Waals surface area contributed by atoms with E-state index in [-0.39, 0.29) is 6.10 Å². The molecule has 5 heteroatoms. The Balaban J connectivity index is 2.12. The fourth-order valence-electron chi connectivity index (χ4n) is 1.98. The molecule has 1 aromatic heterocycles. The Bertz CT molecular complexity index is 378. The molecule has 5 nitrogen and oxygen atoms in total. The third-order valence-electron chi connectivity index (χ3n) is 2.97. The number of rotatable bonds is 6. The van der Waals surface area contributed by atoms with E-state index in [1.807, 2.05) is 0 Å². The lowest BCUT2D eigenvalue weighted by atomic mass is 10.2. The topological polar surface area (TPSA) is 56.3 Å². The normalized spacial score (nSPS) is 18.9. The summed E-state index contributed by atoms with van der Waals surface area (Å²) in [6, 6.07) is 0. The average Bonchev–Trinajstić information content (AvgIpc) is 2.89. The van der Waals surface area contributed by atoms with Crippen LogP contribution in [0.4, 0.5) is 5.82 Å². The predicted octanol–water partition coefficient (Wildman–Crippen LogP) is 2.03. The van der Waals surface area contributed by atoms with Gasteiger partial charge in [-0.25, -0.2) is 9.97 Å². The van der Waals surface area contributed by atoms with Gasteiger partial charge >= 0.3 is 0 Å². The summed E-state index contributed by atoms with van der Waals surface area (Å²) in [5.41, 5.74) is 1.05. The third-order valence-corrected chi connectivity index (χ3v) is 2.97. The maximum Gasteiger partial charge on any atom is 0.222 e. The van der Waals surface area contributed by atoms with Crippen molar-refractivity contribution < 1.29 is 9.47 Å². The van der Waals surface area contributed by atoms with Crippen molar-refractivity contribution in [2.24, 2.45) is 0 Å². The highest BCUT2D eigenvalue weighted by Gasteiger charge is 2.20. The van der Waals surface area contributed by atoms with Crippen molar-refractivity contribution in [3.63, 3.8) is 0 Å². The van der Waals surface area contributed by atoms with E-state index in [1.54, 1.807) is 6.33 Å². The summed E-state index contributed by atoms with van der Waals surface area (Å²) in [7, 11) is 0. The molecule has 18 heavy (non-hydrogen) atoms. The highest BCUT2D eigenvalue weighted by atomic mass is 16.5. The molecular weight excluding hydrogens is 230 g/mol.